The van der Waals surface area contributed by atoms with Crippen LogP contribution in [0.4, 0.5) is 0 Å². The number of aliphatic carboxylic acids is 1. The van der Waals surface area contributed by atoms with Crippen molar-refractivity contribution in [2.45, 2.75) is 37.7 Å². The van der Waals surface area contributed by atoms with Crippen LogP contribution in [0.5, 0.6) is 0 Å². The first-order valence-corrected chi connectivity index (χ1v) is 7.97. The second-order valence-electron chi connectivity index (χ2n) is 5.46. The molecule has 0 bridgehead atoms. The molecule has 5 heteroatoms. The van der Waals surface area contributed by atoms with E-state index in [0.29, 0.717) is 13.0 Å². The summed E-state index contributed by atoms with van der Waals surface area (Å²) in [6, 6.07) is 0. The maximum atomic E-state index is 11.4. The van der Waals surface area contributed by atoms with Crippen molar-refractivity contribution in [3.05, 3.63) is 0 Å². The maximum absolute atomic E-state index is 11.4. The molecule has 2 aliphatic heterocycles. The van der Waals surface area contributed by atoms with Crippen LogP contribution in [0.3, 0.4) is 0 Å². The third kappa shape index (κ3) is 3.19. The number of carbonyl (C=O) groups is 1. The Kier molecular flexibility index (Phi) is 4.92. The summed E-state index contributed by atoms with van der Waals surface area (Å²) in [6.45, 7) is 1.30. The molecular weight excluding hydrogens is 250 g/mol. The summed E-state index contributed by atoms with van der Waals surface area (Å²) in [5, 5.41) is 9.40. The number of ether oxygens (including phenoxy) is 1. The van der Waals surface area contributed by atoms with Gasteiger partial charge in [0.05, 0.1) is 11.5 Å². The lowest BCUT2D eigenvalue weighted by atomic mass is 9.76. The van der Waals surface area contributed by atoms with Crippen LogP contribution >= 0.6 is 11.8 Å². The first-order chi connectivity index (χ1) is 8.67. The minimum absolute atomic E-state index is 0.0238. The molecule has 104 valence electrons. The van der Waals surface area contributed by atoms with Gasteiger partial charge in [0, 0.05) is 12.4 Å². The van der Waals surface area contributed by atoms with E-state index in [4.69, 9.17) is 10.5 Å². The Morgan fingerprint density at radius 1 is 1.61 bits per heavy atom. The van der Waals surface area contributed by atoms with E-state index in [1.807, 2.05) is 11.8 Å². The first kappa shape index (κ1) is 14.2. The van der Waals surface area contributed by atoms with E-state index >= 15 is 0 Å². The van der Waals surface area contributed by atoms with E-state index in [1.54, 1.807) is 0 Å². The smallest absolute Gasteiger partial charge is 0.306 e. The van der Waals surface area contributed by atoms with Crippen LogP contribution in [0.25, 0.3) is 0 Å². The summed E-state index contributed by atoms with van der Waals surface area (Å²) in [6.07, 6.45) is 4.39. The Morgan fingerprint density at radius 3 is 3.06 bits per heavy atom. The zero-order chi connectivity index (χ0) is 13.0. The quantitative estimate of drug-likeness (QED) is 0.798. The minimum Gasteiger partial charge on any atom is -0.481 e. The maximum Gasteiger partial charge on any atom is 0.306 e. The molecule has 3 N–H and O–H groups in total. The summed E-state index contributed by atoms with van der Waals surface area (Å²) in [5.41, 5.74) is 5.48. The molecule has 0 radical (unpaired) electrons. The van der Waals surface area contributed by atoms with Crippen molar-refractivity contribution >= 4 is 17.7 Å². The van der Waals surface area contributed by atoms with E-state index in [1.165, 1.54) is 0 Å². The van der Waals surface area contributed by atoms with Gasteiger partial charge >= 0.3 is 5.97 Å². The van der Waals surface area contributed by atoms with E-state index in [-0.39, 0.29) is 17.4 Å². The minimum atomic E-state index is -0.656. The van der Waals surface area contributed by atoms with E-state index in [9.17, 15) is 9.90 Å². The second kappa shape index (κ2) is 6.26. The van der Waals surface area contributed by atoms with Crippen LogP contribution in [-0.4, -0.2) is 41.3 Å². The van der Waals surface area contributed by atoms with Gasteiger partial charge in [-0.3, -0.25) is 4.79 Å². The molecule has 2 saturated heterocycles. The lowest BCUT2D eigenvalue weighted by molar-refractivity contribution is -0.149. The zero-order valence-electron chi connectivity index (χ0n) is 10.8. The fourth-order valence-electron chi connectivity index (χ4n) is 3.17. The summed E-state index contributed by atoms with van der Waals surface area (Å²) in [4.78, 5) is 11.4. The fraction of sp³-hybridized carbons (Fsp3) is 0.923. The largest absolute Gasteiger partial charge is 0.481 e. The van der Waals surface area contributed by atoms with Gasteiger partial charge in [-0.25, -0.2) is 0 Å². The SMILES string of the molecule is NCCCC(C(=O)O)C1CCOC2(CCSC2)C1. The van der Waals surface area contributed by atoms with Gasteiger partial charge in [-0.1, -0.05) is 0 Å². The average molecular weight is 273 g/mol. The molecular formula is C13H23NO3S. The molecule has 0 saturated carbocycles. The first-order valence-electron chi connectivity index (χ1n) is 6.81. The average Bonchev–Trinajstić information content (AvgIpc) is 2.77. The molecule has 0 aliphatic carbocycles. The van der Waals surface area contributed by atoms with E-state index in [2.05, 4.69) is 0 Å². The van der Waals surface area contributed by atoms with Crippen molar-refractivity contribution in [1.29, 1.82) is 0 Å². The van der Waals surface area contributed by atoms with Crippen LogP contribution in [0.15, 0.2) is 0 Å². The normalized spacial score (nSPS) is 33.7. The fourth-order valence-corrected chi connectivity index (χ4v) is 4.55. The number of carboxylic acid groups (broad SMARTS) is 1. The summed E-state index contributed by atoms with van der Waals surface area (Å²) < 4.78 is 5.95. The van der Waals surface area contributed by atoms with Gasteiger partial charge in [-0.05, 0) is 50.3 Å². The highest BCUT2D eigenvalue weighted by Gasteiger charge is 2.43. The molecule has 2 aliphatic rings. The molecule has 1 spiro atoms. The van der Waals surface area contributed by atoms with Crippen molar-refractivity contribution < 1.29 is 14.6 Å². The van der Waals surface area contributed by atoms with E-state index < -0.39 is 5.97 Å². The Labute approximate surface area is 113 Å². The summed E-state index contributed by atoms with van der Waals surface area (Å²) in [5.74, 6) is 1.55. The molecule has 3 unspecified atom stereocenters. The predicted octanol–water partition coefficient (Wildman–Crippen LogP) is 1.73. The summed E-state index contributed by atoms with van der Waals surface area (Å²) in [7, 11) is 0. The molecule has 3 atom stereocenters. The highest BCUT2D eigenvalue weighted by atomic mass is 32.2. The number of rotatable bonds is 5. The van der Waals surface area contributed by atoms with Crippen LogP contribution in [0.2, 0.25) is 0 Å². The van der Waals surface area contributed by atoms with Crippen LogP contribution in [0, 0.1) is 11.8 Å². The molecule has 2 rings (SSSR count). The molecule has 0 aromatic carbocycles. The molecule has 0 amide bonds. The van der Waals surface area contributed by atoms with Gasteiger partial charge in [0.15, 0.2) is 0 Å². The topological polar surface area (TPSA) is 72.6 Å². The van der Waals surface area contributed by atoms with Gasteiger partial charge < -0.3 is 15.6 Å². The molecule has 0 aromatic rings. The van der Waals surface area contributed by atoms with Gasteiger partial charge in [0.1, 0.15) is 0 Å². The second-order valence-corrected chi connectivity index (χ2v) is 6.57. The highest BCUT2D eigenvalue weighted by molar-refractivity contribution is 7.99. The van der Waals surface area contributed by atoms with Crippen molar-refractivity contribution in [2.75, 3.05) is 24.7 Å². The van der Waals surface area contributed by atoms with Gasteiger partial charge in [0.25, 0.3) is 0 Å². The van der Waals surface area contributed by atoms with Crippen molar-refractivity contribution in [1.82, 2.24) is 0 Å². The van der Waals surface area contributed by atoms with Crippen LogP contribution in [0.1, 0.15) is 32.1 Å². The van der Waals surface area contributed by atoms with Crippen molar-refractivity contribution in [3.63, 3.8) is 0 Å². The third-order valence-electron chi connectivity index (χ3n) is 4.20. The Hall–Kier alpha value is -0.260. The predicted molar refractivity (Wildman–Crippen MR) is 72.8 cm³/mol. The lowest BCUT2D eigenvalue weighted by Gasteiger charge is -2.39. The van der Waals surface area contributed by atoms with Gasteiger partial charge in [-0.2, -0.15) is 11.8 Å². The molecule has 4 nitrogen and oxygen atoms in total. The van der Waals surface area contributed by atoms with Crippen LogP contribution < -0.4 is 5.73 Å². The Balaban J connectivity index is 1.98. The number of carboxylic acids is 1. The molecule has 18 heavy (non-hydrogen) atoms. The molecule has 2 fully saturated rings. The standard InChI is InChI=1S/C13H23NO3S/c14-5-1-2-11(12(15)16)10-3-6-17-13(8-10)4-7-18-9-13/h10-11H,1-9,14H2,(H,15,16). The van der Waals surface area contributed by atoms with E-state index in [0.717, 1.165) is 43.8 Å². The number of nitrogens with two attached hydrogens (primary N) is 1. The zero-order valence-corrected chi connectivity index (χ0v) is 11.6. The van der Waals surface area contributed by atoms with Gasteiger partial charge in [0.2, 0.25) is 0 Å². The summed E-state index contributed by atoms with van der Waals surface area (Å²) >= 11 is 1.93. The molecule has 0 aromatic heterocycles. The molecule has 2 heterocycles. The third-order valence-corrected chi connectivity index (χ3v) is 5.43. The monoisotopic (exact) mass is 273 g/mol. The van der Waals surface area contributed by atoms with Crippen molar-refractivity contribution in [2.24, 2.45) is 17.6 Å². The Morgan fingerprint density at radius 2 is 2.44 bits per heavy atom. The number of hydrogen-bond donors (Lipinski definition) is 2. The highest BCUT2D eigenvalue weighted by Crippen LogP contribution is 2.43. The van der Waals surface area contributed by atoms with Crippen LogP contribution in [-0.2, 0) is 9.53 Å². The Bertz CT molecular complexity index is 292. The number of hydrogen-bond acceptors (Lipinski definition) is 4. The van der Waals surface area contributed by atoms with Gasteiger partial charge in [-0.15, -0.1) is 0 Å². The van der Waals surface area contributed by atoms with Crippen molar-refractivity contribution in [3.8, 4) is 0 Å². The lowest BCUT2D eigenvalue weighted by Crippen LogP contribution is -2.43. The number of thioether (sulfide) groups is 1.